The first-order valence-electron chi connectivity index (χ1n) is 7.40. The van der Waals surface area contributed by atoms with E-state index in [1.54, 1.807) is 24.3 Å². The molecule has 1 aromatic heterocycles. The molecule has 0 aliphatic rings. The van der Waals surface area contributed by atoms with E-state index < -0.39 is 6.03 Å². The third kappa shape index (κ3) is 4.38. The Labute approximate surface area is 142 Å². The van der Waals surface area contributed by atoms with Gasteiger partial charge in [0.2, 0.25) is 11.7 Å². The Morgan fingerprint density at radius 3 is 2.44 bits per heavy atom. The van der Waals surface area contributed by atoms with Crippen LogP contribution >= 0.6 is 0 Å². The van der Waals surface area contributed by atoms with Gasteiger partial charge in [-0.2, -0.15) is 4.80 Å². The van der Waals surface area contributed by atoms with Gasteiger partial charge in [0, 0.05) is 16.9 Å². The zero-order valence-corrected chi connectivity index (χ0v) is 13.1. The monoisotopic (exact) mass is 337 g/mol. The zero-order valence-electron chi connectivity index (χ0n) is 13.1. The Morgan fingerprint density at radius 2 is 1.72 bits per heavy atom. The highest BCUT2D eigenvalue weighted by Crippen LogP contribution is 2.15. The number of nitrogens with one attached hydrogen (secondary N) is 2. The molecule has 0 aliphatic carbocycles. The highest BCUT2D eigenvalue weighted by Gasteiger charge is 2.09. The number of tetrazole rings is 1. The van der Waals surface area contributed by atoms with E-state index in [1.165, 1.54) is 4.80 Å². The van der Waals surface area contributed by atoms with E-state index in [2.05, 4.69) is 26.0 Å². The Balaban J connectivity index is 1.63. The van der Waals surface area contributed by atoms with Crippen LogP contribution in [0.4, 0.5) is 16.2 Å². The SMILES string of the molecule is NC(=O)Nc1cccc(NC(=O)Cn2nnc(-c3ccccc3)n2)c1. The van der Waals surface area contributed by atoms with Crippen LogP contribution in [0.5, 0.6) is 0 Å². The summed E-state index contributed by atoms with van der Waals surface area (Å²) < 4.78 is 0. The minimum absolute atomic E-state index is 0.0900. The maximum atomic E-state index is 12.1. The summed E-state index contributed by atoms with van der Waals surface area (Å²) in [6, 6.07) is 15.3. The van der Waals surface area contributed by atoms with Crippen molar-refractivity contribution in [1.29, 1.82) is 0 Å². The molecule has 4 N–H and O–H groups in total. The molecule has 9 heteroatoms. The molecule has 0 fully saturated rings. The standard InChI is InChI=1S/C16H15N7O2/c17-16(25)19-13-8-4-7-12(9-13)18-14(24)10-23-21-15(20-22-23)11-5-2-1-3-6-11/h1-9H,10H2,(H,18,24)(H3,17,19,25). The van der Waals surface area contributed by atoms with Crippen molar-refractivity contribution in [1.82, 2.24) is 20.2 Å². The van der Waals surface area contributed by atoms with Gasteiger partial charge < -0.3 is 16.4 Å². The fraction of sp³-hybridized carbons (Fsp3) is 0.0625. The average Bonchev–Trinajstić information content (AvgIpc) is 3.03. The summed E-state index contributed by atoms with van der Waals surface area (Å²) in [4.78, 5) is 24.2. The van der Waals surface area contributed by atoms with Crippen LogP contribution in [0.15, 0.2) is 54.6 Å². The first kappa shape index (κ1) is 16.1. The van der Waals surface area contributed by atoms with Crippen LogP contribution in [0, 0.1) is 0 Å². The van der Waals surface area contributed by atoms with E-state index >= 15 is 0 Å². The summed E-state index contributed by atoms with van der Waals surface area (Å²) >= 11 is 0. The molecule has 0 saturated heterocycles. The van der Waals surface area contributed by atoms with E-state index in [1.807, 2.05) is 30.3 Å². The smallest absolute Gasteiger partial charge is 0.316 e. The molecule has 0 atom stereocenters. The molecule has 25 heavy (non-hydrogen) atoms. The fourth-order valence-electron chi connectivity index (χ4n) is 2.16. The number of amides is 3. The van der Waals surface area contributed by atoms with Crippen molar-refractivity contribution in [3.8, 4) is 11.4 Å². The topological polar surface area (TPSA) is 128 Å². The van der Waals surface area contributed by atoms with E-state index in [0.717, 1.165) is 5.56 Å². The molecular formula is C16H15N7O2. The molecule has 3 rings (SSSR count). The Bertz CT molecular complexity index is 892. The molecule has 0 saturated carbocycles. The summed E-state index contributed by atoms with van der Waals surface area (Å²) in [6.45, 7) is -0.0900. The predicted octanol–water partition coefficient (Wildman–Crippen LogP) is 1.47. The normalized spacial score (nSPS) is 10.2. The summed E-state index contributed by atoms with van der Waals surface area (Å²) in [5.74, 6) is 0.120. The molecule has 0 bridgehead atoms. The second kappa shape index (κ2) is 7.21. The molecule has 3 amide bonds. The average molecular weight is 337 g/mol. The highest BCUT2D eigenvalue weighted by atomic mass is 16.2. The lowest BCUT2D eigenvalue weighted by atomic mass is 10.2. The van der Waals surface area contributed by atoms with Gasteiger partial charge in [-0.05, 0) is 23.4 Å². The number of rotatable bonds is 5. The number of hydrogen-bond acceptors (Lipinski definition) is 5. The third-order valence-corrected chi connectivity index (χ3v) is 3.18. The second-order valence-electron chi connectivity index (χ2n) is 5.13. The number of carbonyl (C=O) groups excluding carboxylic acids is 2. The van der Waals surface area contributed by atoms with Gasteiger partial charge in [-0.15, -0.1) is 10.2 Å². The molecule has 0 unspecified atom stereocenters. The predicted molar refractivity (Wildman–Crippen MR) is 91.5 cm³/mol. The number of nitrogens with two attached hydrogens (primary N) is 1. The summed E-state index contributed by atoms with van der Waals surface area (Å²) in [5, 5.41) is 17.1. The van der Waals surface area contributed by atoms with E-state index in [9.17, 15) is 9.59 Å². The van der Waals surface area contributed by atoms with Crippen molar-refractivity contribution in [3.63, 3.8) is 0 Å². The van der Waals surface area contributed by atoms with Gasteiger partial charge in [-0.25, -0.2) is 4.79 Å². The van der Waals surface area contributed by atoms with Crippen molar-refractivity contribution < 1.29 is 9.59 Å². The lowest BCUT2D eigenvalue weighted by Gasteiger charge is -2.07. The Kier molecular flexibility index (Phi) is 4.65. The number of aromatic nitrogens is 4. The third-order valence-electron chi connectivity index (χ3n) is 3.18. The van der Waals surface area contributed by atoms with Crippen molar-refractivity contribution in [2.75, 3.05) is 10.6 Å². The fourth-order valence-corrected chi connectivity index (χ4v) is 2.16. The largest absolute Gasteiger partial charge is 0.351 e. The Hall–Kier alpha value is -3.75. The summed E-state index contributed by atoms with van der Waals surface area (Å²) in [5.41, 5.74) is 6.88. The summed E-state index contributed by atoms with van der Waals surface area (Å²) in [6.07, 6.45) is 0. The molecule has 0 radical (unpaired) electrons. The molecular weight excluding hydrogens is 322 g/mol. The number of carbonyl (C=O) groups is 2. The quantitative estimate of drug-likeness (QED) is 0.649. The minimum atomic E-state index is -0.677. The molecule has 3 aromatic rings. The van der Waals surface area contributed by atoms with E-state index in [-0.39, 0.29) is 12.5 Å². The molecule has 9 nitrogen and oxygen atoms in total. The first-order chi connectivity index (χ1) is 12.1. The van der Waals surface area contributed by atoms with Gasteiger partial charge >= 0.3 is 6.03 Å². The molecule has 126 valence electrons. The van der Waals surface area contributed by atoms with E-state index in [0.29, 0.717) is 17.2 Å². The van der Waals surface area contributed by atoms with Gasteiger partial charge in [0.05, 0.1) is 0 Å². The first-order valence-corrected chi connectivity index (χ1v) is 7.40. The Morgan fingerprint density at radius 1 is 1.00 bits per heavy atom. The van der Waals surface area contributed by atoms with Gasteiger partial charge in [-0.3, -0.25) is 4.79 Å². The molecule has 0 spiro atoms. The zero-order chi connectivity index (χ0) is 17.6. The summed E-state index contributed by atoms with van der Waals surface area (Å²) in [7, 11) is 0. The van der Waals surface area contributed by atoms with Gasteiger partial charge in [0.1, 0.15) is 6.54 Å². The van der Waals surface area contributed by atoms with Crippen LogP contribution in [0.25, 0.3) is 11.4 Å². The number of anilines is 2. The number of benzene rings is 2. The van der Waals surface area contributed by atoms with Crippen LogP contribution in [-0.2, 0) is 11.3 Å². The molecule has 1 heterocycles. The number of primary amides is 1. The van der Waals surface area contributed by atoms with Crippen LogP contribution < -0.4 is 16.4 Å². The minimum Gasteiger partial charge on any atom is -0.351 e. The van der Waals surface area contributed by atoms with Crippen LogP contribution in [0.2, 0.25) is 0 Å². The van der Waals surface area contributed by atoms with Crippen LogP contribution in [0.1, 0.15) is 0 Å². The second-order valence-corrected chi connectivity index (χ2v) is 5.13. The van der Waals surface area contributed by atoms with Gasteiger partial charge in [0.15, 0.2) is 0 Å². The van der Waals surface area contributed by atoms with E-state index in [4.69, 9.17) is 5.73 Å². The number of urea groups is 1. The van der Waals surface area contributed by atoms with Crippen molar-refractivity contribution in [2.24, 2.45) is 5.73 Å². The van der Waals surface area contributed by atoms with Crippen LogP contribution in [-0.4, -0.2) is 32.1 Å². The number of nitrogens with zero attached hydrogens (tertiary/aromatic N) is 4. The maximum Gasteiger partial charge on any atom is 0.316 e. The van der Waals surface area contributed by atoms with Crippen molar-refractivity contribution in [3.05, 3.63) is 54.6 Å². The van der Waals surface area contributed by atoms with Crippen molar-refractivity contribution >= 4 is 23.3 Å². The van der Waals surface area contributed by atoms with Gasteiger partial charge in [0.25, 0.3) is 0 Å². The maximum absolute atomic E-state index is 12.1. The highest BCUT2D eigenvalue weighted by molar-refractivity contribution is 5.92. The van der Waals surface area contributed by atoms with Crippen molar-refractivity contribution in [2.45, 2.75) is 6.54 Å². The number of hydrogen-bond donors (Lipinski definition) is 3. The lowest BCUT2D eigenvalue weighted by molar-refractivity contribution is -0.117. The molecule has 0 aliphatic heterocycles. The molecule has 2 aromatic carbocycles. The lowest BCUT2D eigenvalue weighted by Crippen LogP contribution is -2.21. The van der Waals surface area contributed by atoms with Gasteiger partial charge in [-0.1, -0.05) is 36.4 Å². The van der Waals surface area contributed by atoms with Crippen LogP contribution in [0.3, 0.4) is 0 Å².